The number of carbonyl (C=O) groups is 1. The van der Waals surface area contributed by atoms with E-state index in [2.05, 4.69) is 9.97 Å². The van der Waals surface area contributed by atoms with Crippen molar-refractivity contribution in [2.45, 2.75) is 13.3 Å². The van der Waals surface area contributed by atoms with Crippen LogP contribution in [0.25, 0.3) is 0 Å². The number of hydrogen-bond acceptors (Lipinski definition) is 5. The van der Waals surface area contributed by atoms with Crippen LogP contribution in [-0.4, -0.2) is 26.2 Å². The Hall–Kier alpha value is -2.57. The quantitative estimate of drug-likeness (QED) is 0.737. The first-order valence-corrected chi connectivity index (χ1v) is 5.08. The van der Waals surface area contributed by atoms with Gasteiger partial charge in [0, 0.05) is 6.42 Å². The van der Waals surface area contributed by atoms with Crippen LogP contribution in [0.2, 0.25) is 0 Å². The fraction of sp³-hybridized carbons (Fsp3) is 0.182. The van der Waals surface area contributed by atoms with E-state index in [0.717, 1.165) is 0 Å². The van der Waals surface area contributed by atoms with Crippen LogP contribution in [0.5, 0.6) is 5.88 Å². The maximum atomic E-state index is 11.6. The van der Waals surface area contributed by atoms with Crippen molar-refractivity contribution in [2.75, 3.05) is 0 Å². The Morgan fingerprint density at radius 2 is 2.22 bits per heavy atom. The lowest BCUT2D eigenvalue weighted by Gasteiger charge is -2.01. The lowest BCUT2D eigenvalue weighted by atomic mass is 10.2. The average molecular weight is 250 g/mol. The molecular formula is C11H10N2O5. The Kier molecular flexibility index (Phi) is 2.88. The van der Waals surface area contributed by atoms with Gasteiger partial charge in [-0.3, -0.25) is 4.79 Å². The third-order valence-electron chi connectivity index (χ3n) is 2.34. The topological polar surface area (TPSA) is 116 Å². The molecule has 3 N–H and O–H groups in total. The van der Waals surface area contributed by atoms with E-state index in [9.17, 15) is 14.7 Å². The van der Waals surface area contributed by atoms with Crippen LogP contribution in [0.3, 0.4) is 0 Å². The maximum absolute atomic E-state index is 11.6. The van der Waals surface area contributed by atoms with Crippen molar-refractivity contribution in [2.24, 2.45) is 0 Å². The summed E-state index contributed by atoms with van der Waals surface area (Å²) in [7, 11) is 0. The van der Waals surface area contributed by atoms with Crippen LogP contribution in [0.1, 0.15) is 27.7 Å². The molecule has 0 aliphatic heterocycles. The Morgan fingerprint density at radius 3 is 2.78 bits per heavy atom. The van der Waals surface area contributed by atoms with Crippen molar-refractivity contribution in [1.82, 2.24) is 9.97 Å². The molecular weight excluding hydrogens is 240 g/mol. The predicted molar refractivity (Wildman–Crippen MR) is 59.7 cm³/mol. The standard InChI is InChI=1S/C11H10N2O5/c1-5-12-9(14)7(10(15)13-5)4-6-2-3-8(18-6)11(16)17/h2-3H,4H2,1H3,(H,16,17)(H2,12,13,14,15). The highest BCUT2D eigenvalue weighted by atomic mass is 16.4. The molecule has 0 unspecified atom stereocenters. The summed E-state index contributed by atoms with van der Waals surface area (Å²) in [5.41, 5.74) is -0.444. The molecule has 0 aromatic carbocycles. The number of rotatable bonds is 3. The highest BCUT2D eigenvalue weighted by molar-refractivity contribution is 5.84. The molecule has 2 aromatic heterocycles. The van der Waals surface area contributed by atoms with E-state index < -0.39 is 11.5 Å². The van der Waals surface area contributed by atoms with Gasteiger partial charge < -0.3 is 19.6 Å². The summed E-state index contributed by atoms with van der Waals surface area (Å²) >= 11 is 0. The highest BCUT2D eigenvalue weighted by Crippen LogP contribution is 2.16. The number of carboxylic acids is 1. The first-order valence-electron chi connectivity index (χ1n) is 5.08. The molecule has 2 heterocycles. The lowest BCUT2D eigenvalue weighted by molar-refractivity contribution is 0.0660. The molecule has 7 nitrogen and oxygen atoms in total. The fourth-order valence-electron chi connectivity index (χ4n) is 1.52. The predicted octanol–water partition coefficient (Wildman–Crippen LogP) is 0.666. The number of aromatic carboxylic acids is 1. The molecule has 0 saturated heterocycles. The summed E-state index contributed by atoms with van der Waals surface area (Å²) in [4.78, 5) is 28.4. The molecule has 0 bridgehead atoms. The number of aromatic nitrogens is 2. The monoisotopic (exact) mass is 250 g/mol. The second-order valence-electron chi connectivity index (χ2n) is 3.70. The third kappa shape index (κ3) is 2.24. The number of aromatic hydroxyl groups is 1. The van der Waals surface area contributed by atoms with Crippen molar-refractivity contribution >= 4 is 5.97 Å². The van der Waals surface area contributed by atoms with Crippen molar-refractivity contribution in [3.63, 3.8) is 0 Å². The largest absolute Gasteiger partial charge is 0.493 e. The second kappa shape index (κ2) is 4.36. The zero-order chi connectivity index (χ0) is 13.3. The molecule has 0 spiro atoms. The minimum Gasteiger partial charge on any atom is -0.493 e. The number of H-pyrrole nitrogens is 1. The van der Waals surface area contributed by atoms with Crippen LogP contribution in [-0.2, 0) is 6.42 Å². The van der Waals surface area contributed by atoms with Gasteiger partial charge in [-0.2, -0.15) is 0 Å². The van der Waals surface area contributed by atoms with Gasteiger partial charge >= 0.3 is 5.97 Å². The summed E-state index contributed by atoms with van der Waals surface area (Å²) in [6.07, 6.45) is -0.0261. The Balaban J connectivity index is 2.34. The number of aryl methyl sites for hydroxylation is 1. The van der Waals surface area contributed by atoms with Crippen molar-refractivity contribution in [1.29, 1.82) is 0 Å². The number of aromatic amines is 1. The van der Waals surface area contributed by atoms with Crippen molar-refractivity contribution < 1.29 is 19.4 Å². The summed E-state index contributed by atoms with van der Waals surface area (Å²) < 4.78 is 5.00. The fourth-order valence-corrected chi connectivity index (χ4v) is 1.52. The van der Waals surface area contributed by atoms with Crippen LogP contribution < -0.4 is 5.56 Å². The van der Waals surface area contributed by atoms with Crippen molar-refractivity contribution in [3.8, 4) is 5.88 Å². The molecule has 2 rings (SSSR count). The van der Waals surface area contributed by atoms with Crippen LogP contribution in [0.15, 0.2) is 21.3 Å². The van der Waals surface area contributed by atoms with E-state index in [1.54, 1.807) is 6.92 Å². The minimum absolute atomic E-state index is 0.0261. The molecule has 2 aromatic rings. The Bertz CT molecular complexity index is 656. The van der Waals surface area contributed by atoms with Gasteiger partial charge in [0.15, 0.2) is 0 Å². The average Bonchev–Trinajstić information content (AvgIpc) is 2.71. The van der Waals surface area contributed by atoms with E-state index in [4.69, 9.17) is 9.52 Å². The molecule has 0 aliphatic rings. The first-order chi connectivity index (χ1) is 8.47. The smallest absolute Gasteiger partial charge is 0.371 e. The summed E-state index contributed by atoms with van der Waals surface area (Å²) in [5, 5.41) is 18.2. The molecule has 0 radical (unpaired) electrons. The highest BCUT2D eigenvalue weighted by Gasteiger charge is 2.14. The second-order valence-corrected chi connectivity index (χ2v) is 3.70. The maximum Gasteiger partial charge on any atom is 0.371 e. The molecule has 0 amide bonds. The van der Waals surface area contributed by atoms with E-state index in [1.807, 2.05) is 0 Å². The van der Waals surface area contributed by atoms with Crippen molar-refractivity contribution in [3.05, 3.63) is 45.4 Å². The zero-order valence-corrected chi connectivity index (χ0v) is 9.43. The van der Waals surface area contributed by atoms with Gasteiger partial charge in [-0.25, -0.2) is 9.78 Å². The molecule has 0 saturated carbocycles. The van der Waals surface area contributed by atoms with E-state index in [-0.39, 0.29) is 29.4 Å². The first kappa shape index (κ1) is 11.9. The Labute approximate surface area is 101 Å². The molecule has 0 aliphatic carbocycles. The van der Waals surface area contributed by atoms with Gasteiger partial charge in [0.25, 0.3) is 5.56 Å². The molecule has 0 atom stereocenters. The zero-order valence-electron chi connectivity index (χ0n) is 9.43. The number of furan rings is 1. The number of hydrogen-bond donors (Lipinski definition) is 3. The molecule has 18 heavy (non-hydrogen) atoms. The lowest BCUT2D eigenvalue weighted by Crippen LogP contribution is -2.15. The van der Waals surface area contributed by atoms with Gasteiger partial charge in [-0.1, -0.05) is 0 Å². The van der Waals surface area contributed by atoms with E-state index >= 15 is 0 Å². The van der Waals surface area contributed by atoms with Crippen LogP contribution >= 0.6 is 0 Å². The van der Waals surface area contributed by atoms with Gasteiger partial charge in [0.1, 0.15) is 11.6 Å². The van der Waals surface area contributed by atoms with E-state index in [1.165, 1.54) is 12.1 Å². The summed E-state index contributed by atoms with van der Waals surface area (Å²) in [5.74, 6) is -1.24. The molecule has 94 valence electrons. The Morgan fingerprint density at radius 1 is 1.50 bits per heavy atom. The minimum atomic E-state index is -1.19. The van der Waals surface area contributed by atoms with Gasteiger partial charge in [0.05, 0.1) is 5.56 Å². The normalized spacial score (nSPS) is 10.5. The summed E-state index contributed by atoms with van der Waals surface area (Å²) in [6.45, 7) is 1.54. The molecule has 0 fully saturated rings. The number of nitrogens with zero attached hydrogens (tertiary/aromatic N) is 1. The number of carboxylic acid groups (broad SMARTS) is 1. The SMILES string of the molecule is Cc1nc(O)c(Cc2ccc(C(=O)O)o2)c(=O)[nH]1. The van der Waals surface area contributed by atoms with Gasteiger partial charge in [-0.15, -0.1) is 0 Å². The van der Waals surface area contributed by atoms with Gasteiger partial charge in [0.2, 0.25) is 11.6 Å². The third-order valence-corrected chi connectivity index (χ3v) is 2.34. The van der Waals surface area contributed by atoms with Gasteiger partial charge in [-0.05, 0) is 19.1 Å². The number of nitrogens with one attached hydrogen (secondary N) is 1. The van der Waals surface area contributed by atoms with Crippen LogP contribution in [0.4, 0.5) is 0 Å². The molecule has 7 heteroatoms. The van der Waals surface area contributed by atoms with Crippen LogP contribution in [0, 0.1) is 6.92 Å². The summed E-state index contributed by atoms with van der Waals surface area (Å²) in [6, 6.07) is 2.71. The van der Waals surface area contributed by atoms with E-state index in [0.29, 0.717) is 5.82 Å².